The second-order valence-corrected chi connectivity index (χ2v) is 8.25. The number of amides is 2. The third-order valence-corrected chi connectivity index (χ3v) is 5.79. The smallest absolute Gasteiger partial charge is 0.254 e. The maximum absolute atomic E-state index is 13.5. The molecule has 0 spiro atoms. The van der Waals surface area contributed by atoms with Gasteiger partial charge in [0, 0.05) is 19.0 Å². The van der Waals surface area contributed by atoms with Crippen molar-refractivity contribution >= 4 is 18.1 Å². The number of β-amino-alcohol motifs (C(OH)–C–C–N with tert-alkyl or cyclic N) is 1. The summed E-state index contributed by atoms with van der Waals surface area (Å²) in [6.07, 6.45) is 1.000. The van der Waals surface area contributed by atoms with Gasteiger partial charge in [-0.25, -0.2) is 0 Å². The van der Waals surface area contributed by atoms with Gasteiger partial charge in [0.05, 0.1) is 29.7 Å². The lowest BCUT2D eigenvalue weighted by Gasteiger charge is -2.28. The Bertz CT molecular complexity index is 1040. The van der Waals surface area contributed by atoms with E-state index in [-0.39, 0.29) is 49.1 Å². The lowest BCUT2D eigenvalue weighted by Crippen LogP contribution is -2.48. The molecule has 1 aromatic carbocycles. The molecule has 1 fully saturated rings. The van der Waals surface area contributed by atoms with Crippen LogP contribution >= 0.6 is 0 Å². The molecule has 2 heterocycles. The lowest BCUT2D eigenvalue weighted by atomic mass is 9.98. The number of hydrogen-bond acceptors (Lipinski definition) is 8. The number of nitrogens with one attached hydrogen (secondary N) is 1. The number of hydrogen-bond donors (Lipinski definition) is 2. The van der Waals surface area contributed by atoms with Crippen molar-refractivity contribution in [3.63, 3.8) is 0 Å². The van der Waals surface area contributed by atoms with E-state index in [2.05, 4.69) is 16.5 Å². The molecule has 1 aliphatic rings. The number of aldehydes is 1. The Morgan fingerprint density at radius 3 is 2.79 bits per heavy atom. The van der Waals surface area contributed by atoms with Gasteiger partial charge in [-0.15, -0.1) is 0 Å². The highest BCUT2D eigenvalue weighted by Gasteiger charge is 2.42. The molecular weight excluding hydrogens is 440 g/mol. The molecule has 0 radical (unpaired) electrons. The summed E-state index contributed by atoms with van der Waals surface area (Å²) in [6, 6.07) is 9.21. The molecule has 34 heavy (non-hydrogen) atoms. The zero-order valence-corrected chi connectivity index (χ0v) is 19.1. The van der Waals surface area contributed by atoms with Crippen LogP contribution in [0.4, 0.5) is 0 Å². The van der Waals surface area contributed by atoms with Crippen LogP contribution in [0, 0.1) is 11.3 Å². The number of benzene rings is 1. The van der Waals surface area contributed by atoms with Crippen molar-refractivity contribution < 1.29 is 28.8 Å². The molecule has 4 atom stereocenters. The number of ether oxygens (including phenoxy) is 1. The molecule has 0 bridgehead atoms. The highest BCUT2D eigenvalue weighted by Crippen LogP contribution is 2.30. The molecule has 10 heteroatoms. The van der Waals surface area contributed by atoms with Gasteiger partial charge >= 0.3 is 0 Å². The number of rotatable bonds is 10. The summed E-state index contributed by atoms with van der Waals surface area (Å²) in [5.74, 6) is -1.04. The number of nitriles is 1. The van der Waals surface area contributed by atoms with Crippen LogP contribution in [0.2, 0.25) is 0 Å². The number of aliphatic hydroxyl groups is 1. The molecule has 2 aromatic rings. The fraction of sp³-hybridized carbons (Fsp3) is 0.458. The van der Waals surface area contributed by atoms with E-state index in [0.717, 1.165) is 5.56 Å². The molecule has 0 aliphatic carbocycles. The van der Waals surface area contributed by atoms with Gasteiger partial charge in [-0.2, -0.15) is 5.26 Å². The molecule has 2 unspecified atom stereocenters. The number of aromatic nitrogens is 1. The minimum absolute atomic E-state index is 0.0328. The summed E-state index contributed by atoms with van der Waals surface area (Å²) in [6.45, 7) is 3.58. The summed E-state index contributed by atoms with van der Waals surface area (Å²) in [4.78, 5) is 38.5. The zero-order chi connectivity index (χ0) is 24.7. The maximum atomic E-state index is 13.5. The Morgan fingerprint density at radius 2 is 2.15 bits per heavy atom. The first-order valence-corrected chi connectivity index (χ1v) is 11.2. The van der Waals surface area contributed by atoms with Crippen LogP contribution in [0.25, 0.3) is 0 Å². The molecule has 180 valence electrons. The Balaban J connectivity index is 1.74. The van der Waals surface area contributed by atoms with Gasteiger partial charge in [-0.1, -0.05) is 25.5 Å². The third-order valence-electron chi connectivity index (χ3n) is 5.79. The summed E-state index contributed by atoms with van der Waals surface area (Å²) < 4.78 is 10.4. The minimum Gasteiger partial charge on any atom is -0.468 e. The predicted octanol–water partition coefficient (Wildman–Crippen LogP) is 1.85. The van der Waals surface area contributed by atoms with Crippen LogP contribution < -0.4 is 10.1 Å². The Kier molecular flexibility index (Phi) is 8.38. The minimum atomic E-state index is -0.837. The van der Waals surface area contributed by atoms with E-state index in [1.807, 2.05) is 13.8 Å². The molecular formula is C24H28N4O6. The molecule has 10 nitrogen and oxygen atoms in total. The molecule has 0 saturated carbocycles. The summed E-state index contributed by atoms with van der Waals surface area (Å²) in [5.41, 5.74) is 1.34. The molecule has 2 N–H and O–H groups in total. The molecule has 2 amide bonds. The van der Waals surface area contributed by atoms with Gasteiger partial charge in [-0.05, 0) is 36.2 Å². The fourth-order valence-electron chi connectivity index (χ4n) is 4.05. The quantitative estimate of drug-likeness (QED) is 0.502. The normalized spacial score (nSPS) is 19.2. The third kappa shape index (κ3) is 5.80. The van der Waals surface area contributed by atoms with E-state index in [1.165, 1.54) is 11.0 Å². The van der Waals surface area contributed by atoms with Crippen molar-refractivity contribution in [1.29, 1.82) is 5.26 Å². The number of nitrogens with zero attached hydrogens (tertiary/aromatic N) is 3. The first kappa shape index (κ1) is 24.9. The average Bonchev–Trinajstić information content (AvgIpc) is 3.47. The summed E-state index contributed by atoms with van der Waals surface area (Å²) >= 11 is 0. The Morgan fingerprint density at radius 1 is 1.41 bits per heavy atom. The van der Waals surface area contributed by atoms with E-state index in [4.69, 9.17) is 14.5 Å². The number of likely N-dealkylation sites (tertiary alicyclic amines) is 1. The first-order valence-electron chi connectivity index (χ1n) is 11.2. The second kappa shape index (κ2) is 11.4. The Labute approximate surface area is 197 Å². The first-order chi connectivity index (χ1) is 16.4. The van der Waals surface area contributed by atoms with E-state index in [9.17, 15) is 19.5 Å². The van der Waals surface area contributed by atoms with Crippen molar-refractivity contribution in [3.8, 4) is 11.9 Å². The highest BCUT2D eigenvalue weighted by molar-refractivity contribution is 5.91. The van der Waals surface area contributed by atoms with Crippen molar-refractivity contribution in [3.05, 3.63) is 47.2 Å². The molecule has 1 aromatic heterocycles. The fourth-order valence-corrected chi connectivity index (χ4v) is 4.05. The van der Waals surface area contributed by atoms with Crippen LogP contribution in [0.5, 0.6) is 5.88 Å². The zero-order valence-electron chi connectivity index (χ0n) is 19.1. The summed E-state index contributed by atoms with van der Waals surface area (Å²) in [5, 5.41) is 25.9. The predicted molar refractivity (Wildman–Crippen MR) is 120 cm³/mol. The topological polar surface area (TPSA) is 146 Å². The SMILES string of the molecule is CCCC(C(=O)N1C[C@H](O)C[C@H]1C(=O)NC(C)c1ccc(C#N)cc1)c1cc(OCC=O)no1. The Hall–Kier alpha value is -3.71. The van der Waals surface area contributed by atoms with Crippen molar-refractivity contribution in [2.24, 2.45) is 0 Å². The highest BCUT2D eigenvalue weighted by atomic mass is 16.5. The number of carbonyl (C=O) groups is 3. The number of carbonyl (C=O) groups excluding carboxylic acids is 3. The van der Waals surface area contributed by atoms with Gasteiger partial charge in [0.1, 0.15) is 12.6 Å². The average molecular weight is 469 g/mol. The standard InChI is InChI=1S/C24H28N4O6/c1-3-4-19(21-12-22(27-34-21)33-10-9-29)24(32)28-14-18(30)11-20(28)23(31)26-15(2)17-7-5-16(13-25)6-8-17/h5-9,12,15,18-20,30H,3-4,10-11,14H2,1-2H3,(H,26,31)/t15?,18-,19?,20+/m1/s1. The van der Waals surface area contributed by atoms with Gasteiger partial charge < -0.3 is 24.6 Å². The number of aliphatic hydroxyl groups excluding tert-OH is 1. The molecule has 3 rings (SSSR count). The van der Waals surface area contributed by atoms with Crippen molar-refractivity contribution in [2.45, 2.75) is 57.2 Å². The van der Waals surface area contributed by atoms with E-state index in [0.29, 0.717) is 24.7 Å². The van der Waals surface area contributed by atoms with E-state index in [1.54, 1.807) is 24.3 Å². The largest absolute Gasteiger partial charge is 0.468 e. The monoisotopic (exact) mass is 468 g/mol. The van der Waals surface area contributed by atoms with E-state index < -0.39 is 18.1 Å². The van der Waals surface area contributed by atoms with Gasteiger partial charge in [0.25, 0.3) is 5.88 Å². The van der Waals surface area contributed by atoms with Gasteiger partial charge in [0.15, 0.2) is 12.0 Å². The van der Waals surface area contributed by atoms with Gasteiger partial charge in [0.2, 0.25) is 11.8 Å². The molecule has 1 aliphatic heterocycles. The van der Waals surface area contributed by atoms with Crippen LogP contribution in [0.1, 0.15) is 62.0 Å². The van der Waals surface area contributed by atoms with Crippen LogP contribution in [0.15, 0.2) is 34.9 Å². The van der Waals surface area contributed by atoms with Crippen LogP contribution in [0.3, 0.4) is 0 Å². The van der Waals surface area contributed by atoms with Crippen LogP contribution in [-0.2, 0) is 14.4 Å². The second-order valence-electron chi connectivity index (χ2n) is 8.25. The summed E-state index contributed by atoms with van der Waals surface area (Å²) in [7, 11) is 0. The molecule has 1 saturated heterocycles. The van der Waals surface area contributed by atoms with E-state index >= 15 is 0 Å². The maximum Gasteiger partial charge on any atom is 0.254 e. The van der Waals surface area contributed by atoms with Crippen molar-refractivity contribution in [1.82, 2.24) is 15.4 Å². The van der Waals surface area contributed by atoms with Crippen LogP contribution in [-0.4, -0.2) is 58.6 Å². The lowest BCUT2D eigenvalue weighted by molar-refractivity contribution is -0.140. The van der Waals surface area contributed by atoms with Crippen molar-refractivity contribution in [2.75, 3.05) is 13.2 Å². The van der Waals surface area contributed by atoms with Gasteiger partial charge in [-0.3, -0.25) is 14.4 Å².